The maximum atomic E-state index is 12.4. The minimum atomic E-state index is -0.528. The van der Waals surface area contributed by atoms with E-state index in [4.69, 9.17) is 9.15 Å². The van der Waals surface area contributed by atoms with Crippen LogP contribution in [0.15, 0.2) is 50.4 Å². The van der Waals surface area contributed by atoms with Gasteiger partial charge in [-0.05, 0) is 71.0 Å². The van der Waals surface area contributed by atoms with Gasteiger partial charge in [-0.1, -0.05) is 0 Å². The summed E-state index contributed by atoms with van der Waals surface area (Å²) in [5, 5.41) is 2.15. The minimum absolute atomic E-state index is 0.204. The molecule has 2 heterocycles. The van der Waals surface area contributed by atoms with E-state index >= 15 is 0 Å². The summed E-state index contributed by atoms with van der Waals surface area (Å²) in [6, 6.07) is 10.2. The van der Waals surface area contributed by atoms with Crippen molar-refractivity contribution in [2.75, 3.05) is 18.5 Å². The van der Waals surface area contributed by atoms with Crippen LogP contribution >= 0.6 is 27.7 Å². The molecule has 0 atom stereocenters. The van der Waals surface area contributed by atoms with E-state index in [0.717, 1.165) is 16.7 Å². The van der Waals surface area contributed by atoms with Crippen LogP contribution in [0.25, 0.3) is 6.08 Å². The van der Waals surface area contributed by atoms with Gasteiger partial charge < -0.3 is 14.5 Å². The van der Waals surface area contributed by atoms with Gasteiger partial charge in [-0.15, -0.1) is 0 Å². The number of hydrogen-bond acceptors (Lipinski definition) is 6. The Hall–Kier alpha value is -2.52. The van der Waals surface area contributed by atoms with Crippen LogP contribution in [0, 0.1) is 0 Å². The molecule has 0 radical (unpaired) electrons. The van der Waals surface area contributed by atoms with E-state index < -0.39 is 17.1 Å². The lowest BCUT2D eigenvalue weighted by Crippen LogP contribution is -2.36. The van der Waals surface area contributed by atoms with Gasteiger partial charge in [-0.25, -0.2) is 0 Å². The summed E-state index contributed by atoms with van der Waals surface area (Å²) in [6.45, 7) is 2.07. The fourth-order valence-electron chi connectivity index (χ4n) is 2.32. The topological polar surface area (TPSA) is 88.8 Å². The maximum absolute atomic E-state index is 12.4. The molecule has 0 unspecified atom stereocenters. The van der Waals surface area contributed by atoms with Gasteiger partial charge in [0, 0.05) is 11.8 Å². The Morgan fingerprint density at radius 1 is 1.26 bits per heavy atom. The number of thioether (sulfide) groups is 1. The summed E-state index contributed by atoms with van der Waals surface area (Å²) < 4.78 is 11.2. The number of amides is 3. The van der Waals surface area contributed by atoms with Crippen LogP contribution in [0.2, 0.25) is 0 Å². The number of imide groups is 1. The first kappa shape index (κ1) is 19.2. The molecule has 3 rings (SSSR count). The number of rotatable bonds is 6. The summed E-state index contributed by atoms with van der Waals surface area (Å²) in [4.78, 5) is 37.8. The van der Waals surface area contributed by atoms with Crippen molar-refractivity contribution < 1.29 is 23.5 Å². The van der Waals surface area contributed by atoms with Crippen LogP contribution in [0.1, 0.15) is 12.7 Å². The van der Waals surface area contributed by atoms with Crippen LogP contribution in [0.3, 0.4) is 0 Å². The van der Waals surface area contributed by atoms with Crippen LogP contribution in [0.5, 0.6) is 5.75 Å². The van der Waals surface area contributed by atoms with E-state index in [2.05, 4.69) is 21.2 Å². The maximum Gasteiger partial charge on any atom is 0.294 e. The van der Waals surface area contributed by atoms with Crippen molar-refractivity contribution >= 4 is 56.5 Å². The normalized spacial score (nSPS) is 15.5. The van der Waals surface area contributed by atoms with Crippen molar-refractivity contribution in [1.29, 1.82) is 0 Å². The van der Waals surface area contributed by atoms with E-state index in [1.807, 2.05) is 6.92 Å². The third-order valence-electron chi connectivity index (χ3n) is 3.49. The molecule has 7 nitrogen and oxygen atoms in total. The van der Waals surface area contributed by atoms with Crippen LogP contribution in [-0.2, 0) is 9.59 Å². The Kier molecular flexibility index (Phi) is 6.02. The van der Waals surface area contributed by atoms with Crippen molar-refractivity contribution in [1.82, 2.24) is 4.90 Å². The second-order valence-electron chi connectivity index (χ2n) is 5.42. The summed E-state index contributed by atoms with van der Waals surface area (Å²) in [6.07, 6.45) is 1.47. The molecule has 1 saturated heterocycles. The quantitative estimate of drug-likeness (QED) is 0.665. The number of anilines is 1. The molecule has 140 valence electrons. The Balaban J connectivity index is 1.62. The van der Waals surface area contributed by atoms with E-state index in [1.54, 1.807) is 36.4 Å². The third-order valence-corrected chi connectivity index (χ3v) is 4.83. The summed E-state index contributed by atoms with van der Waals surface area (Å²) in [5.41, 5.74) is 0.548. The number of halogens is 1. The Bertz CT molecular complexity index is 907. The number of carbonyl (C=O) groups excluding carboxylic acids is 3. The zero-order valence-electron chi connectivity index (χ0n) is 14.2. The molecular formula is C18H15BrN2O5S. The van der Waals surface area contributed by atoms with Gasteiger partial charge in [0.15, 0.2) is 4.67 Å². The molecule has 0 spiro atoms. The minimum Gasteiger partial charge on any atom is -0.494 e. The molecule has 1 aliphatic rings. The largest absolute Gasteiger partial charge is 0.494 e. The molecule has 0 bridgehead atoms. The molecule has 2 aromatic rings. The van der Waals surface area contributed by atoms with Gasteiger partial charge in [-0.3, -0.25) is 19.3 Å². The molecule has 1 aromatic heterocycles. The van der Waals surface area contributed by atoms with E-state index in [0.29, 0.717) is 28.5 Å². The Morgan fingerprint density at radius 3 is 2.63 bits per heavy atom. The van der Waals surface area contributed by atoms with E-state index in [-0.39, 0.29) is 11.4 Å². The fourth-order valence-corrected chi connectivity index (χ4v) is 3.45. The first-order chi connectivity index (χ1) is 13.0. The number of furan rings is 1. The molecular weight excluding hydrogens is 436 g/mol. The first-order valence-electron chi connectivity index (χ1n) is 7.99. The van der Waals surface area contributed by atoms with Gasteiger partial charge in [0.2, 0.25) is 5.91 Å². The highest BCUT2D eigenvalue weighted by atomic mass is 79.9. The second kappa shape index (κ2) is 8.45. The SMILES string of the molecule is CCOc1ccc(NC(=O)CN2C(=O)S/C(=C/c3ccc(Br)o3)C2=O)cc1. The Morgan fingerprint density at radius 2 is 2.00 bits per heavy atom. The molecule has 1 N–H and O–H groups in total. The number of nitrogens with one attached hydrogen (secondary N) is 1. The lowest BCUT2D eigenvalue weighted by Gasteiger charge is -2.12. The fraction of sp³-hybridized carbons (Fsp3) is 0.167. The molecule has 3 amide bonds. The lowest BCUT2D eigenvalue weighted by molar-refractivity contribution is -0.127. The van der Waals surface area contributed by atoms with Gasteiger partial charge >= 0.3 is 0 Å². The van der Waals surface area contributed by atoms with Crippen LogP contribution < -0.4 is 10.1 Å². The van der Waals surface area contributed by atoms with Crippen molar-refractivity contribution in [3.8, 4) is 5.75 Å². The molecule has 0 aliphatic carbocycles. The monoisotopic (exact) mass is 450 g/mol. The number of carbonyl (C=O) groups is 3. The van der Waals surface area contributed by atoms with Crippen molar-refractivity contribution in [3.63, 3.8) is 0 Å². The van der Waals surface area contributed by atoms with Crippen molar-refractivity contribution in [2.45, 2.75) is 6.92 Å². The average Bonchev–Trinajstić information content (AvgIpc) is 3.15. The molecule has 27 heavy (non-hydrogen) atoms. The van der Waals surface area contributed by atoms with Gasteiger partial charge in [0.25, 0.3) is 11.1 Å². The number of ether oxygens (including phenoxy) is 1. The second-order valence-corrected chi connectivity index (χ2v) is 7.19. The summed E-state index contributed by atoms with van der Waals surface area (Å²) in [5.74, 6) is 0.130. The molecule has 1 aromatic carbocycles. The molecule has 1 fully saturated rings. The first-order valence-corrected chi connectivity index (χ1v) is 9.60. The number of nitrogens with zero attached hydrogens (tertiary/aromatic N) is 1. The van der Waals surface area contributed by atoms with Crippen molar-refractivity contribution in [3.05, 3.63) is 51.7 Å². The smallest absolute Gasteiger partial charge is 0.294 e. The highest BCUT2D eigenvalue weighted by Gasteiger charge is 2.36. The lowest BCUT2D eigenvalue weighted by atomic mass is 10.3. The molecule has 1 aliphatic heterocycles. The summed E-state index contributed by atoms with van der Waals surface area (Å²) in [7, 11) is 0. The molecule has 0 saturated carbocycles. The highest BCUT2D eigenvalue weighted by molar-refractivity contribution is 9.10. The number of hydrogen-bond donors (Lipinski definition) is 1. The molecule has 9 heteroatoms. The predicted molar refractivity (Wildman–Crippen MR) is 105 cm³/mol. The summed E-state index contributed by atoms with van der Waals surface area (Å²) >= 11 is 3.94. The van der Waals surface area contributed by atoms with Gasteiger partial charge in [0.1, 0.15) is 18.1 Å². The standard InChI is InChI=1S/C18H15BrN2O5S/c1-2-25-12-5-3-11(4-6-12)20-16(22)10-21-17(23)14(27-18(21)24)9-13-7-8-15(19)26-13/h3-9H,2,10H2,1H3,(H,20,22)/b14-9+. The van der Waals surface area contributed by atoms with E-state index in [1.165, 1.54) is 6.08 Å². The van der Waals surface area contributed by atoms with E-state index in [9.17, 15) is 14.4 Å². The van der Waals surface area contributed by atoms with Crippen LogP contribution in [0.4, 0.5) is 10.5 Å². The zero-order chi connectivity index (χ0) is 19.4. The van der Waals surface area contributed by atoms with Gasteiger partial charge in [0.05, 0.1) is 11.5 Å². The van der Waals surface area contributed by atoms with Gasteiger partial charge in [-0.2, -0.15) is 0 Å². The average molecular weight is 451 g/mol. The van der Waals surface area contributed by atoms with Crippen LogP contribution in [-0.4, -0.2) is 35.1 Å². The number of benzene rings is 1. The predicted octanol–water partition coefficient (Wildman–Crippen LogP) is 4.12. The third kappa shape index (κ3) is 4.81. The highest BCUT2D eigenvalue weighted by Crippen LogP contribution is 2.32. The Labute approximate surface area is 167 Å². The zero-order valence-corrected chi connectivity index (χ0v) is 16.6. The van der Waals surface area contributed by atoms with Crippen molar-refractivity contribution in [2.24, 2.45) is 0 Å².